The molecule has 0 amide bonds. The van der Waals surface area contributed by atoms with Crippen LogP contribution in [0.4, 0.5) is 18.3 Å². The Labute approximate surface area is 174 Å². The molecule has 29 heavy (non-hydrogen) atoms. The number of halogens is 4. The number of β-amino-alcohol motifs (C(OH)–C–C–N with tert-alkyl or cyclic N) is 1. The van der Waals surface area contributed by atoms with Crippen LogP contribution >= 0.6 is 22.9 Å². The third-order valence-corrected chi connectivity index (χ3v) is 6.06. The molecule has 0 bridgehead atoms. The Hall–Kier alpha value is -2.16. The van der Waals surface area contributed by atoms with Gasteiger partial charge in [0.25, 0.3) is 0 Å². The van der Waals surface area contributed by atoms with Gasteiger partial charge in [-0.3, -0.25) is 0 Å². The molecule has 4 rings (SSSR count). The minimum atomic E-state index is -4.41. The van der Waals surface area contributed by atoms with Crippen molar-refractivity contribution in [3.05, 3.63) is 75.3 Å². The summed E-state index contributed by atoms with van der Waals surface area (Å²) in [5.41, 5.74) is 0.843. The molecule has 0 saturated carbocycles. The van der Waals surface area contributed by atoms with E-state index in [9.17, 15) is 18.3 Å². The number of benzene rings is 2. The average Bonchev–Trinajstić information content (AvgIpc) is 3.29. The van der Waals surface area contributed by atoms with Crippen molar-refractivity contribution >= 4 is 28.1 Å². The topological polar surface area (TPSA) is 49.2 Å². The van der Waals surface area contributed by atoms with Crippen LogP contribution in [0.3, 0.4) is 0 Å². The van der Waals surface area contributed by atoms with Gasteiger partial charge in [-0.1, -0.05) is 47.2 Å². The Bertz CT molecular complexity index is 993. The van der Waals surface area contributed by atoms with Gasteiger partial charge in [0.2, 0.25) is 5.13 Å². The summed E-state index contributed by atoms with van der Waals surface area (Å²) in [6.07, 6.45) is -4.13. The second-order valence-corrected chi connectivity index (χ2v) is 8.44. The summed E-state index contributed by atoms with van der Waals surface area (Å²) in [7, 11) is 0. The SMILES string of the molecule is OC1CC(c2cccc(C(F)(F)F)c2)N(c2nnc(Cc3ccc(Cl)cc3)s2)C1. The maximum atomic E-state index is 13.1. The van der Waals surface area contributed by atoms with Crippen LogP contribution in [0, 0.1) is 0 Å². The molecule has 0 radical (unpaired) electrons. The molecule has 1 aliphatic heterocycles. The zero-order chi connectivity index (χ0) is 20.6. The summed E-state index contributed by atoms with van der Waals surface area (Å²) in [6.45, 7) is 0.302. The highest BCUT2D eigenvalue weighted by Crippen LogP contribution is 2.39. The van der Waals surface area contributed by atoms with Gasteiger partial charge in [-0.15, -0.1) is 10.2 Å². The molecule has 0 spiro atoms. The zero-order valence-corrected chi connectivity index (χ0v) is 16.7. The minimum absolute atomic E-state index is 0.302. The van der Waals surface area contributed by atoms with E-state index in [-0.39, 0.29) is 6.04 Å². The summed E-state index contributed by atoms with van der Waals surface area (Å²) in [4.78, 5) is 1.84. The maximum Gasteiger partial charge on any atom is 0.416 e. The third kappa shape index (κ3) is 4.55. The van der Waals surface area contributed by atoms with Gasteiger partial charge in [-0.25, -0.2) is 0 Å². The molecular formula is C20H17ClF3N3OS. The van der Waals surface area contributed by atoms with Gasteiger partial charge in [-0.2, -0.15) is 13.2 Å². The van der Waals surface area contributed by atoms with E-state index in [4.69, 9.17) is 11.6 Å². The van der Waals surface area contributed by atoms with Crippen LogP contribution in [0.5, 0.6) is 0 Å². The van der Waals surface area contributed by atoms with Crippen molar-refractivity contribution in [2.75, 3.05) is 11.4 Å². The van der Waals surface area contributed by atoms with Gasteiger partial charge in [0, 0.05) is 18.0 Å². The Balaban J connectivity index is 1.57. The summed E-state index contributed by atoms with van der Waals surface area (Å²) in [5, 5.41) is 20.6. The van der Waals surface area contributed by atoms with Gasteiger partial charge in [0.15, 0.2) is 0 Å². The van der Waals surface area contributed by atoms with E-state index >= 15 is 0 Å². The third-order valence-electron chi connectivity index (χ3n) is 4.85. The normalized spacial score (nSPS) is 19.7. The second kappa shape index (κ2) is 7.93. The molecule has 1 saturated heterocycles. The van der Waals surface area contributed by atoms with Crippen molar-refractivity contribution < 1.29 is 18.3 Å². The molecule has 1 fully saturated rings. The molecule has 1 N–H and O–H groups in total. The smallest absolute Gasteiger partial charge is 0.391 e. The number of hydrogen-bond donors (Lipinski definition) is 1. The first-order valence-corrected chi connectivity index (χ1v) is 10.2. The van der Waals surface area contributed by atoms with E-state index in [1.54, 1.807) is 18.2 Å². The monoisotopic (exact) mass is 439 g/mol. The van der Waals surface area contributed by atoms with Crippen molar-refractivity contribution in [3.8, 4) is 0 Å². The molecule has 2 aromatic carbocycles. The van der Waals surface area contributed by atoms with Crippen LogP contribution in [0.25, 0.3) is 0 Å². The lowest BCUT2D eigenvalue weighted by atomic mass is 10.0. The van der Waals surface area contributed by atoms with Gasteiger partial charge in [-0.05, 0) is 41.8 Å². The van der Waals surface area contributed by atoms with Crippen LogP contribution < -0.4 is 4.90 Å². The fraction of sp³-hybridized carbons (Fsp3) is 0.300. The lowest BCUT2D eigenvalue weighted by Gasteiger charge is -2.24. The number of hydrogen-bond acceptors (Lipinski definition) is 5. The van der Waals surface area contributed by atoms with Crippen molar-refractivity contribution in [2.24, 2.45) is 0 Å². The molecule has 1 aliphatic rings. The number of aromatic nitrogens is 2. The standard InChI is InChI=1S/C20H17ClF3N3OS/c21-15-6-4-12(5-7-15)8-18-25-26-19(29-18)27-11-16(28)10-17(27)13-2-1-3-14(9-13)20(22,23)24/h1-7,9,16-17,28H,8,10-11H2. The highest BCUT2D eigenvalue weighted by atomic mass is 35.5. The molecule has 3 aromatic rings. The van der Waals surface area contributed by atoms with Crippen molar-refractivity contribution in [1.29, 1.82) is 0 Å². The van der Waals surface area contributed by atoms with Crippen LogP contribution in [0.15, 0.2) is 48.5 Å². The number of rotatable bonds is 4. The number of alkyl halides is 3. The van der Waals surface area contributed by atoms with Gasteiger partial charge in [0.05, 0.1) is 17.7 Å². The Kier molecular flexibility index (Phi) is 5.50. The van der Waals surface area contributed by atoms with Crippen molar-refractivity contribution in [1.82, 2.24) is 10.2 Å². The number of nitrogens with zero attached hydrogens (tertiary/aromatic N) is 3. The van der Waals surface area contributed by atoms with E-state index in [0.29, 0.717) is 35.1 Å². The van der Waals surface area contributed by atoms with E-state index in [1.165, 1.54) is 17.4 Å². The second-order valence-electron chi connectivity index (χ2n) is 6.96. The van der Waals surface area contributed by atoms with Gasteiger partial charge >= 0.3 is 6.18 Å². The molecule has 2 unspecified atom stereocenters. The van der Waals surface area contributed by atoms with Crippen LogP contribution in [-0.2, 0) is 12.6 Å². The zero-order valence-electron chi connectivity index (χ0n) is 15.1. The fourth-order valence-corrected chi connectivity index (χ4v) is 4.53. The first kappa shape index (κ1) is 20.1. The molecule has 0 aliphatic carbocycles. The number of aliphatic hydroxyl groups is 1. The van der Waals surface area contributed by atoms with Crippen LogP contribution in [0.2, 0.25) is 5.02 Å². The largest absolute Gasteiger partial charge is 0.416 e. The first-order valence-electron chi connectivity index (χ1n) is 8.98. The highest BCUT2D eigenvalue weighted by Gasteiger charge is 2.36. The number of anilines is 1. The average molecular weight is 440 g/mol. The maximum absolute atomic E-state index is 13.1. The van der Waals surface area contributed by atoms with Crippen LogP contribution in [0.1, 0.15) is 34.2 Å². The lowest BCUT2D eigenvalue weighted by molar-refractivity contribution is -0.137. The molecule has 1 aromatic heterocycles. The van der Waals surface area contributed by atoms with E-state index in [1.807, 2.05) is 17.0 Å². The van der Waals surface area contributed by atoms with Crippen molar-refractivity contribution in [2.45, 2.75) is 31.2 Å². The first-order chi connectivity index (χ1) is 13.8. The number of aliphatic hydroxyl groups excluding tert-OH is 1. The summed E-state index contributed by atoms with van der Waals surface area (Å²) in [5.74, 6) is 0. The van der Waals surface area contributed by atoms with E-state index < -0.39 is 17.8 Å². The van der Waals surface area contributed by atoms with Gasteiger partial charge < -0.3 is 10.0 Å². The molecular weight excluding hydrogens is 423 g/mol. The molecule has 2 heterocycles. The minimum Gasteiger partial charge on any atom is -0.391 e. The fourth-order valence-electron chi connectivity index (χ4n) is 3.47. The predicted octanol–water partition coefficient (Wildman–Crippen LogP) is 5.11. The molecule has 4 nitrogen and oxygen atoms in total. The van der Waals surface area contributed by atoms with Crippen molar-refractivity contribution in [3.63, 3.8) is 0 Å². The quantitative estimate of drug-likeness (QED) is 0.613. The van der Waals surface area contributed by atoms with Crippen LogP contribution in [-0.4, -0.2) is 28.0 Å². The van der Waals surface area contributed by atoms with E-state index in [0.717, 1.165) is 22.7 Å². The Morgan fingerprint density at radius 2 is 1.90 bits per heavy atom. The Morgan fingerprint density at radius 1 is 1.14 bits per heavy atom. The summed E-state index contributed by atoms with van der Waals surface area (Å²) in [6, 6.07) is 12.3. The van der Waals surface area contributed by atoms with E-state index in [2.05, 4.69) is 10.2 Å². The summed E-state index contributed by atoms with van der Waals surface area (Å²) >= 11 is 7.28. The highest BCUT2D eigenvalue weighted by molar-refractivity contribution is 7.15. The lowest BCUT2D eigenvalue weighted by Crippen LogP contribution is -2.24. The molecule has 152 valence electrons. The Morgan fingerprint density at radius 3 is 2.62 bits per heavy atom. The predicted molar refractivity (Wildman–Crippen MR) is 106 cm³/mol. The summed E-state index contributed by atoms with van der Waals surface area (Å²) < 4.78 is 39.3. The molecule has 9 heteroatoms. The molecule has 2 atom stereocenters. The van der Waals surface area contributed by atoms with Gasteiger partial charge in [0.1, 0.15) is 5.01 Å².